The van der Waals surface area contributed by atoms with Crippen LogP contribution in [-0.2, 0) is 18.6 Å². The molecule has 0 aromatic rings. The first kappa shape index (κ1) is 38.1. The average Bonchev–Trinajstić information content (AvgIpc) is 2.95. The molecule has 0 aromatic carbocycles. The van der Waals surface area contributed by atoms with Crippen LogP contribution in [0, 0.1) is 5.41 Å². The van der Waals surface area contributed by atoms with E-state index in [4.69, 9.17) is 4.18 Å². The van der Waals surface area contributed by atoms with E-state index in [-0.39, 0.29) is 25.5 Å². The monoisotopic (exact) mass is 590 g/mol. The number of unbranched alkanes of at least 4 members (excludes halogenated alkanes) is 1. The van der Waals surface area contributed by atoms with Crippen molar-refractivity contribution in [2.45, 2.75) is 78.2 Å². The van der Waals surface area contributed by atoms with Gasteiger partial charge in [-0.15, -0.1) is 0 Å². The number of allylic oxidation sites excluding steroid dienone is 11. The zero-order valence-electron chi connectivity index (χ0n) is 24.9. The molecule has 0 aliphatic heterocycles. The van der Waals surface area contributed by atoms with Crippen molar-refractivity contribution in [1.82, 2.24) is 10.6 Å². The molecule has 0 heterocycles. The molecule has 1 atom stereocenters. The average molecular weight is 591 g/mol. The van der Waals surface area contributed by atoms with Gasteiger partial charge in [0.2, 0.25) is 11.8 Å². The maximum absolute atomic E-state index is 11.9. The molecular weight excluding hydrogens is 540 g/mol. The van der Waals surface area contributed by atoms with Gasteiger partial charge in [0.05, 0.1) is 18.6 Å². The van der Waals surface area contributed by atoms with Crippen molar-refractivity contribution in [3.63, 3.8) is 0 Å². The number of nitrogens with one attached hydrogen (secondary N) is 2. The lowest BCUT2D eigenvalue weighted by atomic mass is 9.87. The van der Waals surface area contributed by atoms with Crippen molar-refractivity contribution < 1.29 is 28.8 Å². The smallest absolute Gasteiger partial charge is 0.342 e. The molecule has 0 saturated heterocycles. The summed E-state index contributed by atoms with van der Waals surface area (Å²) in [6.45, 7) is 5.30. The van der Waals surface area contributed by atoms with Crippen LogP contribution in [0.1, 0.15) is 72.1 Å². The Morgan fingerprint density at radius 2 is 1.34 bits per heavy atom. The van der Waals surface area contributed by atoms with Gasteiger partial charge in [0.15, 0.2) is 0 Å². The molecule has 0 fully saturated rings. The van der Waals surface area contributed by atoms with Crippen molar-refractivity contribution in [1.29, 1.82) is 0 Å². The highest BCUT2D eigenvalue weighted by Crippen LogP contribution is 2.19. The number of aliphatic hydroxyl groups excluding tert-OH is 2. The number of carbonyl (C=O) groups excluding carboxylic acids is 3. The van der Waals surface area contributed by atoms with E-state index in [1.54, 1.807) is 19.9 Å². The van der Waals surface area contributed by atoms with Gasteiger partial charge in [-0.25, -0.2) is 4.79 Å². The maximum Gasteiger partial charge on any atom is 0.342 e. The van der Waals surface area contributed by atoms with E-state index in [2.05, 4.69) is 78.3 Å². The Morgan fingerprint density at radius 3 is 1.90 bits per heavy atom. The number of hydrogen-bond acceptors (Lipinski definition) is 7. The minimum Gasteiger partial charge on any atom is -0.396 e. The van der Waals surface area contributed by atoms with Gasteiger partial charge in [0.1, 0.15) is 6.10 Å². The normalized spacial score (nSPS) is 13.4. The third kappa shape index (κ3) is 23.5. The molecule has 41 heavy (non-hydrogen) atoms. The van der Waals surface area contributed by atoms with E-state index in [0.29, 0.717) is 12.3 Å². The molecular formula is C32H50N2O6S. The van der Waals surface area contributed by atoms with E-state index < -0.39 is 23.4 Å². The second-order valence-corrected chi connectivity index (χ2v) is 10.7. The number of hydrogen-bond donors (Lipinski definition) is 4. The summed E-state index contributed by atoms with van der Waals surface area (Å²) in [5.41, 5.74) is -0.966. The van der Waals surface area contributed by atoms with Gasteiger partial charge < -0.3 is 25.0 Å². The van der Waals surface area contributed by atoms with E-state index >= 15 is 0 Å². The summed E-state index contributed by atoms with van der Waals surface area (Å²) >= 11 is 0.957. The third-order valence-corrected chi connectivity index (χ3v) is 6.26. The van der Waals surface area contributed by atoms with E-state index in [1.165, 1.54) is 6.08 Å². The molecule has 0 saturated carbocycles. The Bertz CT molecular complexity index is 906. The SMILES string of the molecule is CCC=CCC=CCC=CCC=CCC=CCC/C=C/C(=O)OSCCNC(=O)CCNC(=O)C(O)C(C)(C)CO. The van der Waals surface area contributed by atoms with Gasteiger partial charge in [-0.05, 0) is 44.9 Å². The number of rotatable bonds is 23. The Hall–Kier alpha value is -2.88. The Kier molecular flexibility index (Phi) is 24.2. The predicted octanol–water partition coefficient (Wildman–Crippen LogP) is 5.27. The summed E-state index contributed by atoms with van der Waals surface area (Å²) in [5.74, 6) is -0.966. The first-order valence-corrected chi connectivity index (χ1v) is 15.2. The fraction of sp³-hybridized carbons (Fsp3) is 0.531. The van der Waals surface area contributed by atoms with Crippen LogP contribution in [0.25, 0.3) is 0 Å². The molecule has 4 N–H and O–H groups in total. The van der Waals surface area contributed by atoms with Crippen LogP contribution >= 0.6 is 12.0 Å². The first-order chi connectivity index (χ1) is 19.7. The minimum absolute atomic E-state index is 0.0447. The van der Waals surface area contributed by atoms with Gasteiger partial charge >= 0.3 is 5.97 Å². The van der Waals surface area contributed by atoms with Crippen molar-refractivity contribution in [3.05, 3.63) is 72.9 Å². The second kappa shape index (κ2) is 26.0. The Labute approximate surface area is 251 Å². The largest absolute Gasteiger partial charge is 0.396 e. The predicted molar refractivity (Wildman–Crippen MR) is 169 cm³/mol. The molecule has 0 spiro atoms. The number of amides is 2. The molecule has 0 aromatic heterocycles. The van der Waals surface area contributed by atoms with Crippen molar-refractivity contribution >= 4 is 29.8 Å². The lowest BCUT2D eigenvalue weighted by Crippen LogP contribution is -2.46. The highest BCUT2D eigenvalue weighted by atomic mass is 32.2. The minimum atomic E-state index is -1.37. The Morgan fingerprint density at radius 1 is 0.805 bits per heavy atom. The molecule has 0 radical (unpaired) electrons. The van der Waals surface area contributed by atoms with Gasteiger partial charge in [0, 0.05) is 36.8 Å². The summed E-state index contributed by atoms with van der Waals surface area (Å²) in [4.78, 5) is 35.4. The lowest BCUT2D eigenvalue weighted by Gasteiger charge is -2.27. The molecule has 2 amide bonds. The topological polar surface area (TPSA) is 125 Å². The molecule has 9 heteroatoms. The van der Waals surface area contributed by atoms with Gasteiger partial charge in [-0.2, -0.15) is 0 Å². The zero-order chi connectivity index (χ0) is 30.6. The molecule has 1 unspecified atom stereocenters. The summed E-state index contributed by atoms with van der Waals surface area (Å²) in [5, 5.41) is 24.2. The third-order valence-electron chi connectivity index (χ3n) is 5.61. The fourth-order valence-corrected chi connectivity index (χ4v) is 3.47. The maximum atomic E-state index is 11.9. The van der Waals surface area contributed by atoms with Crippen LogP contribution in [0.2, 0.25) is 0 Å². The quantitative estimate of drug-likeness (QED) is 0.0553. The van der Waals surface area contributed by atoms with E-state index in [0.717, 1.165) is 57.0 Å². The van der Waals surface area contributed by atoms with Crippen LogP contribution in [0.4, 0.5) is 0 Å². The van der Waals surface area contributed by atoms with Crippen molar-refractivity contribution in [3.8, 4) is 0 Å². The zero-order valence-corrected chi connectivity index (χ0v) is 25.7. The summed E-state index contributed by atoms with van der Waals surface area (Å²) < 4.78 is 5.03. The van der Waals surface area contributed by atoms with Crippen LogP contribution in [0.5, 0.6) is 0 Å². The summed E-state index contributed by atoms with van der Waals surface area (Å²) in [7, 11) is 0. The van der Waals surface area contributed by atoms with Crippen molar-refractivity contribution in [2.75, 3.05) is 25.4 Å². The molecule has 8 nitrogen and oxygen atoms in total. The molecule has 0 bridgehead atoms. The standard InChI is InChI=1S/C32H50N2O6S/c1-4-5-6-7-8-9-10-11-12-13-14-15-16-17-18-19-20-21-22-29(37)40-41-26-25-33-28(36)23-24-34-31(39)30(38)32(2,3)27-35/h5-6,8-9,11-12,14-15,17-18,21-22,30,35,38H,4,7,10,13,16,19-20,23-27H2,1-3H3,(H,33,36)(H,34,39)/b6-5?,9-8?,12-11?,15-14?,18-17?,22-21+. The highest BCUT2D eigenvalue weighted by molar-refractivity contribution is 7.95. The summed E-state index contributed by atoms with van der Waals surface area (Å²) in [6.07, 6.45) is 29.9. The van der Waals surface area contributed by atoms with Crippen LogP contribution in [0.3, 0.4) is 0 Å². The van der Waals surface area contributed by atoms with Gasteiger partial charge in [-0.1, -0.05) is 87.6 Å². The van der Waals surface area contributed by atoms with Crippen LogP contribution < -0.4 is 10.6 Å². The molecule has 0 aliphatic carbocycles. The highest BCUT2D eigenvalue weighted by Gasteiger charge is 2.32. The second-order valence-electron chi connectivity index (χ2n) is 9.85. The van der Waals surface area contributed by atoms with Gasteiger partial charge in [-0.3, -0.25) is 9.59 Å². The van der Waals surface area contributed by atoms with E-state index in [9.17, 15) is 24.6 Å². The Balaban J connectivity index is 3.74. The first-order valence-electron chi connectivity index (χ1n) is 14.3. The molecule has 0 aliphatic rings. The molecule has 0 rings (SSSR count). The fourth-order valence-electron chi connectivity index (χ4n) is 3.03. The van der Waals surface area contributed by atoms with Crippen LogP contribution in [0.15, 0.2) is 72.9 Å². The van der Waals surface area contributed by atoms with Crippen molar-refractivity contribution in [2.24, 2.45) is 5.41 Å². The van der Waals surface area contributed by atoms with Gasteiger partial charge in [0.25, 0.3) is 0 Å². The van der Waals surface area contributed by atoms with Crippen LogP contribution in [-0.4, -0.2) is 59.5 Å². The number of carbonyl (C=O) groups is 3. The van der Waals surface area contributed by atoms with E-state index in [1.807, 2.05) is 0 Å². The molecule has 230 valence electrons. The number of aliphatic hydroxyl groups is 2. The lowest BCUT2D eigenvalue weighted by molar-refractivity contribution is -0.137. The summed E-state index contributed by atoms with van der Waals surface area (Å²) in [6, 6.07) is 0.